The average Bonchev–Trinajstić information content (AvgIpc) is 2.94. The molecule has 4 aromatic rings. The minimum Gasteiger partial charge on any atom is -0.493 e. The van der Waals surface area contributed by atoms with E-state index in [-0.39, 0.29) is 12.5 Å². The molecule has 0 fully saturated rings. The number of amides is 1. The van der Waals surface area contributed by atoms with Gasteiger partial charge in [-0.3, -0.25) is 9.78 Å². The zero-order valence-electron chi connectivity index (χ0n) is 20.1. The number of methoxy groups -OCH3 is 1. The van der Waals surface area contributed by atoms with Gasteiger partial charge in [0.2, 0.25) is 0 Å². The molecule has 0 aliphatic heterocycles. The number of aromatic nitrogens is 1. The monoisotopic (exact) mass is 484 g/mol. The van der Waals surface area contributed by atoms with E-state index in [1.807, 2.05) is 72.8 Å². The molecule has 0 unspecified atom stereocenters. The maximum absolute atomic E-state index is 12.3. The SMILES string of the molecule is COc1cc(CNC(=O)COc2ccc(OCc3ccccc3)cc2)ccc1OCc1ccncc1. The van der Waals surface area contributed by atoms with Gasteiger partial charge in [0.1, 0.15) is 24.7 Å². The van der Waals surface area contributed by atoms with Crippen molar-refractivity contribution >= 4 is 5.91 Å². The fourth-order valence-electron chi connectivity index (χ4n) is 3.35. The van der Waals surface area contributed by atoms with Crippen molar-refractivity contribution in [2.45, 2.75) is 19.8 Å². The molecule has 4 rings (SSSR count). The first-order valence-electron chi connectivity index (χ1n) is 11.5. The minimum absolute atomic E-state index is 0.0888. The molecule has 1 aromatic heterocycles. The quantitative estimate of drug-likeness (QED) is 0.307. The number of pyridine rings is 1. The van der Waals surface area contributed by atoms with E-state index < -0.39 is 0 Å². The fraction of sp³-hybridized carbons (Fsp3) is 0.172. The standard InChI is InChI=1S/C29H28N2O5/c1-33-28-17-24(7-12-27(28)36-20-23-13-15-30-16-14-23)18-31-29(32)21-35-26-10-8-25(9-11-26)34-19-22-5-3-2-4-6-22/h2-17H,18-21H2,1H3,(H,31,32). The Labute approximate surface area is 210 Å². The van der Waals surface area contributed by atoms with Crippen molar-refractivity contribution in [3.8, 4) is 23.0 Å². The summed E-state index contributed by atoms with van der Waals surface area (Å²) in [5.74, 6) is 2.33. The van der Waals surface area contributed by atoms with Crippen molar-refractivity contribution < 1.29 is 23.7 Å². The molecule has 0 saturated heterocycles. The average molecular weight is 485 g/mol. The Bertz CT molecular complexity index is 1230. The molecular weight excluding hydrogens is 456 g/mol. The number of benzene rings is 3. The predicted molar refractivity (Wildman–Crippen MR) is 136 cm³/mol. The number of hydrogen-bond donors (Lipinski definition) is 1. The molecule has 0 saturated carbocycles. The Morgan fingerprint density at radius 1 is 0.722 bits per heavy atom. The minimum atomic E-state index is -0.226. The first kappa shape index (κ1) is 24.6. The summed E-state index contributed by atoms with van der Waals surface area (Å²) >= 11 is 0. The highest BCUT2D eigenvalue weighted by molar-refractivity contribution is 5.77. The van der Waals surface area contributed by atoms with Gasteiger partial charge in [-0.25, -0.2) is 0 Å². The number of rotatable bonds is 12. The second-order valence-corrected chi connectivity index (χ2v) is 7.94. The molecule has 1 heterocycles. The van der Waals surface area contributed by atoms with Crippen molar-refractivity contribution in [1.82, 2.24) is 10.3 Å². The molecule has 0 aliphatic rings. The number of carbonyl (C=O) groups excluding carboxylic acids is 1. The third-order valence-corrected chi connectivity index (χ3v) is 5.30. The summed E-state index contributed by atoms with van der Waals surface area (Å²) in [4.78, 5) is 16.3. The highest BCUT2D eigenvalue weighted by Gasteiger charge is 2.09. The van der Waals surface area contributed by atoms with E-state index in [9.17, 15) is 4.79 Å². The molecule has 0 spiro atoms. The van der Waals surface area contributed by atoms with Crippen LogP contribution in [-0.2, 0) is 24.6 Å². The topological polar surface area (TPSA) is 78.9 Å². The molecule has 7 nitrogen and oxygen atoms in total. The zero-order valence-corrected chi connectivity index (χ0v) is 20.1. The van der Waals surface area contributed by atoms with Crippen molar-refractivity contribution in [2.24, 2.45) is 0 Å². The van der Waals surface area contributed by atoms with Crippen LogP contribution < -0.4 is 24.3 Å². The smallest absolute Gasteiger partial charge is 0.258 e. The van der Waals surface area contributed by atoms with E-state index >= 15 is 0 Å². The number of nitrogens with one attached hydrogen (secondary N) is 1. The van der Waals surface area contributed by atoms with E-state index in [4.69, 9.17) is 18.9 Å². The molecule has 0 bridgehead atoms. The van der Waals surface area contributed by atoms with Crippen LogP contribution in [0.25, 0.3) is 0 Å². The summed E-state index contributed by atoms with van der Waals surface area (Å²) in [6, 6.07) is 26.5. The molecule has 184 valence electrons. The fourth-order valence-corrected chi connectivity index (χ4v) is 3.35. The lowest BCUT2D eigenvalue weighted by molar-refractivity contribution is -0.123. The van der Waals surface area contributed by atoms with Gasteiger partial charge in [-0.1, -0.05) is 36.4 Å². The van der Waals surface area contributed by atoms with Gasteiger partial charge in [0, 0.05) is 18.9 Å². The number of nitrogens with zero attached hydrogens (tertiary/aromatic N) is 1. The molecule has 0 aliphatic carbocycles. The van der Waals surface area contributed by atoms with Gasteiger partial charge in [0.15, 0.2) is 18.1 Å². The maximum Gasteiger partial charge on any atom is 0.258 e. The predicted octanol–water partition coefficient (Wildman–Crippen LogP) is 4.94. The van der Waals surface area contributed by atoms with Crippen molar-refractivity contribution in [2.75, 3.05) is 13.7 Å². The van der Waals surface area contributed by atoms with Crippen LogP contribution in [0.3, 0.4) is 0 Å². The van der Waals surface area contributed by atoms with E-state index in [1.165, 1.54) is 0 Å². The molecular formula is C29H28N2O5. The van der Waals surface area contributed by atoms with Gasteiger partial charge >= 0.3 is 0 Å². The zero-order chi connectivity index (χ0) is 25.0. The molecule has 0 atom stereocenters. The van der Waals surface area contributed by atoms with Gasteiger partial charge < -0.3 is 24.3 Å². The Hall–Kier alpha value is -4.52. The Balaban J connectivity index is 1.20. The van der Waals surface area contributed by atoms with Crippen molar-refractivity contribution in [3.63, 3.8) is 0 Å². The van der Waals surface area contributed by atoms with Crippen LogP contribution in [0.5, 0.6) is 23.0 Å². The highest BCUT2D eigenvalue weighted by atomic mass is 16.5. The summed E-state index contributed by atoms with van der Waals surface area (Å²) in [6.07, 6.45) is 3.45. The lowest BCUT2D eigenvalue weighted by atomic mass is 10.2. The first-order valence-corrected chi connectivity index (χ1v) is 11.5. The van der Waals surface area contributed by atoms with Crippen LogP contribution in [0.1, 0.15) is 16.7 Å². The molecule has 36 heavy (non-hydrogen) atoms. The van der Waals surface area contributed by atoms with Crippen molar-refractivity contribution in [3.05, 3.63) is 114 Å². The lowest BCUT2D eigenvalue weighted by Gasteiger charge is -2.13. The Morgan fingerprint density at radius 2 is 1.39 bits per heavy atom. The van der Waals surface area contributed by atoms with E-state index in [0.717, 1.165) is 22.4 Å². The highest BCUT2D eigenvalue weighted by Crippen LogP contribution is 2.29. The third-order valence-electron chi connectivity index (χ3n) is 5.30. The van der Waals surface area contributed by atoms with E-state index in [1.54, 1.807) is 31.6 Å². The van der Waals surface area contributed by atoms with Gasteiger partial charge in [0.05, 0.1) is 7.11 Å². The van der Waals surface area contributed by atoms with Gasteiger partial charge in [-0.2, -0.15) is 0 Å². The number of hydrogen-bond acceptors (Lipinski definition) is 6. The van der Waals surface area contributed by atoms with Crippen molar-refractivity contribution in [1.29, 1.82) is 0 Å². The van der Waals surface area contributed by atoms with E-state index in [0.29, 0.717) is 37.0 Å². The van der Waals surface area contributed by atoms with Gasteiger partial charge in [-0.15, -0.1) is 0 Å². The second kappa shape index (κ2) is 12.8. The van der Waals surface area contributed by atoms with Crippen LogP contribution in [-0.4, -0.2) is 24.6 Å². The summed E-state index contributed by atoms with van der Waals surface area (Å²) < 4.78 is 22.7. The summed E-state index contributed by atoms with van der Waals surface area (Å²) in [5.41, 5.74) is 2.99. The van der Waals surface area contributed by atoms with Crippen LogP contribution in [0.15, 0.2) is 97.3 Å². The first-order chi connectivity index (χ1) is 17.7. The summed E-state index contributed by atoms with van der Waals surface area (Å²) in [6.45, 7) is 1.16. The molecule has 7 heteroatoms. The molecule has 1 N–H and O–H groups in total. The summed E-state index contributed by atoms with van der Waals surface area (Å²) in [7, 11) is 1.59. The van der Waals surface area contributed by atoms with Crippen LogP contribution in [0, 0.1) is 0 Å². The normalized spacial score (nSPS) is 10.4. The van der Waals surface area contributed by atoms with Crippen LogP contribution >= 0.6 is 0 Å². The Morgan fingerprint density at radius 3 is 2.11 bits per heavy atom. The number of ether oxygens (including phenoxy) is 4. The molecule has 3 aromatic carbocycles. The van der Waals surface area contributed by atoms with E-state index in [2.05, 4.69) is 10.3 Å². The molecule has 1 amide bonds. The largest absolute Gasteiger partial charge is 0.493 e. The number of carbonyl (C=O) groups is 1. The van der Waals surface area contributed by atoms with Gasteiger partial charge in [0.25, 0.3) is 5.91 Å². The molecule has 0 radical (unpaired) electrons. The van der Waals surface area contributed by atoms with Crippen LogP contribution in [0.4, 0.5) is 0 Å². The van der Waals surface area contributed by atoms with Gasteiger partial charge in [-0.05, 0) is 65.2 Å². The lowest BCUT2D eigenvalue weighted by Crippen LogP contribution is -2.28. The van der Waals surface area contributed by atoms with Crippen LogP contribution in [0.2, 0.25) is 0 Å². The summed E-state index contributed by atoms with van der Waals surface area (Å²) in [5, 5.41) is 2.86. The third kappa shape index (κ3) is 7.50. The Kier molecular flexibility index (Phi) is 8.75. The maximum atomic E-state index is 12.3. The second-order valence-electron chi connectivity index (χ2n) is 7.94.